The van der Waals surface area contributed by atoms with Crippen molar-refractivity contribution in [1.82, 2.24) is 10.6 Å². The maximum atomic E-state index is 4.91. The van der Waals surface area contributed by atoms with Gasteiger partial charge in [-0.15, -0.1) is 0 Å². The van der Waals surface area contributed by atoms with E-state index in [-0.39, 0.29) is 0 Å². The molecule has 0 amide bonds. The van der Waals surface area contributed by atoms with Crippen LogP contribution in [0.3, 0.4) is 0 Å². The zero-order chi connectivity index (χ0) is 9.26. The molecule has 2 nitrogen and oxygen atoms in total. The Labute approximate surface area is 84.1 Å². The van der Waals surface area contributed by atoms with Crippen molar-refractivity contribution in [3.8, 4) is 0 Å². The monoisotopic (exact) mass is 193 g/mol. The Bertz CT molecular complexity index is 291. The molecule has 2 aliphatic rings. The molecule has 1 atom stereocenters. The molecule has 1 N–H and O–H groups in total. The second-order valence-corrected chi connectivity index (χ2v) is 4.10. The highest BCUT2D eigenvalue weighted by Crippen LogP contribution is 2.28. The van der Waals surface area contributed by atoms with Gasteiger partial charge in [0.1, 0.15) is 0 Å². The van der Waals surface area contributed by atoms with Gasteiger partial charge in [0.05, 0.1) is 5.70 Å². The lowest BCUT2D eigenvalue weighted by Gasteiger charge is -2.05. The van der Waals surface area contributed by atoms with Gasteiger partial charge in [0.2, 0.25) is 0 Å². The third-order valence-electron chi connectivity index (χ3n) is 2.51. The zero-order valence-corrected chi connectivity index (χ0v) is 8.53. The Morgan fingerprint density at radius 1 is 1.69 bits per heavy atom. The van der Waals surface area contributed by atoms with E-state index in [2.05, 4.69) is 23.6 Å². The fourth-order valence-corrected chi connectivity index (χ4v) is 2.03. The molecule has 1 aliphatic heterocycles. The van der Waals surface area contributed by atoms with Gasteiger partial charge in [-0.2, -0.15) is 0 Å². The zero-order valence-electron chi connectivity index (χ0n) is 7.71. The highest BCUT2D eigenvalue weighted by molar-refractivity contribution is 7.80. The van der Waals surface area contributed by atoms with Crippen LogP contribution in [0, 0.1) is 5.92 Å². The molecule has 0 aromatic rings. The molecule has 0 fully saturated rings. The van der Waals surface area contributed by atoms with Crippen LogP contribution >= 0.6 is 12.2 Å². The Morgan fingerprint density at radius 3 is 3.08 bits per heavy atom. The van der Waals surface area contributed by atoms with Gasteiger partial charge in [-0.1, -0.05) is 11.6 Å². The fraction of sp³-hybridized carbons (Fsp3) is 0.500. The highest BCUT2D eigenvalue weighted by atomic mass is 32.1. The molecule has 0 spiro atoms. The minimum Gasteiger partial charge on any atom is -0.336 e. The van der Waals surface area contributed by atoms with E-state index < -0.39 is 0 Å². The maximum Gasteiger partial charge on any atom is 0.197 e. The van der Waals surface area contributed by atoms with Crippen LogP contribution in [-0.2, 0) is 0 Å². The summed E-state index contributed by atoms with van der Waals surface area (Å²) in [6, 6.07) is 0. The number of thiocarbonyl (C=S) groups is 1. The average Bonchev–Trinajstić information content (AvgIpc) is 2.62. The van der Waals surface area contributed by atoms with E-state index >= 15 is 0 Å². The quantitative estimate of drug-likeness (QED) is 0.536. The van der Waals surface area contributed by atoms with Crippen molar-refractivity contribution in [3.05, 3.63) is 23.5 Å². The summed E-state index contributed by atoms with van der Waals surface area (Å²) in [5.74, 6) is 0.678. The van der Waals surface area contributed by atoms with Crippen LogP contribution in [0.1, 0.15) is 26.2 Å². The molecule has 0 saturated carbocycles. The second-order valence-electron chi connectivity index (χ2n) is 3.71. The lowest BCUT2D eigenvalue weighted by Crippen LogP contribution is -2.16. The van der Waals surface area contributed by atoms with Gasteiger partial charge in [-0.25, -0.2) is 5.32 Å². The second kappa shape index (κ2) is 3.50. The molecular formula is C10H13N2S. The van der Waals surface area contributed by atoms with E-state index in [9.17, 15) is 0 Å². The highest BCUT2D eigenvalue weighted by Gasteiger charge is 2.18. The van der Waals surface area contributed by atoms with Crippen molar-refractivity contribution in [1.29, 1.82) is 0 Å². The van der Waals surface area contributed by atoms with Crippen LogP contribution in [0.4, 0.5) is 0 Å². The maximum absolute atomic E-state index is 4.91. The van der Waals surface area contributed by atoms with Gasteiger partial charge in [-0.05, 0) is 44.3 Å². The number of allylic oxidation sites excluding steroid dienone is 3. The minimum absolute atomic E-state index is 0.605. The first-order valence-corrected chi connectivity index (χ1v) is 5.03. The number of rotatable bonds is 2. The van der Waals surface area contributed by atoms with Crippen LogP contribution in [-0.4, -0.2) is 5.11 Å². The van der Waals surface area contributed by atoms with E-state index in [1.807, 2.05) is 6.20 Å². The van der Waals surface area contributed by atoms with E-state index in [0.29, 0.717) is 11.0 Å². The fourth-order valence-electron chi connectivity index (χ4n) is 1.86. The lowest BCUT2D eigenvalue weighted by atomic mass is 10.0. The molecule has 69 valence electrons. The van der Waals surface area contributed by atoms with Gasteiger partial charge in [0, 0.05) is 6.20 Å². The predicted molar refractivity (Wildman–Crippen MR) is 57.0 cm³/mol. The van der Waals surface area contributed by atoms with Crippen molar-refractivity contribution in [2.45, 2.75) is 26.2 Å². The molecule has 1 unspecified atom stereocenters. The van der Waals surface area contributed by atoms with Crippen LogP contribution in [0.25, 0.3) is 0 Å². The molecule has 3 heteroatoms. The summed E-state index contributed by atoms with van der Waals surface area (Å²) in [6.45, 7) is 2.20. The predicted octanol–water partition coefficient (Wildman–Crippen LogP) is 2.07. The minimum atomic E-state index is 0.605. The molecule has 1 heterocycles. The van der Waals surface area contributed by atoms with Gasteiger partial charge < -0.3 is 5.32 Å². The van der Waals surface area contributed by atoms with Gasteiger partial charge in [0.15, 0.2) is 5.11 Å². The standard InChI is InChI=1S/C10H13N2S/c1-7-2-3-8(4-7)5-9-6-11-10(13)12-9/h4,6,8H,2-3,5H2,1H3,(H,11,13). The number of nitrogens with zero attached hydrogens (tertiary/aromatic N) is 1. The first-order valence-electron chi connectivity index (χ1n) is 4.62. The van der Waals surface area contributed by atoms with E-state index in [1.165, 1.54) is 18.4 Å². The normalized spacial score (nSPS) is 26.5. The van der Waals surface area contributed by atoms with Crippen molar-refractivity contribution < 1.29 is 0 Å². The van der Waals surface area contributed by atoms with Gasteiger partial charge in [-0.3, -0.25) is 0 Å². The summed E-state index contributed by atoms with van der Waals surface area (Å²) >= 11 is 4.91. The molecule has 1 aliphatic carbocycles. The first-order chi connectivity index (χ1) is 6.24. The summed E-state index contributed by atoms with van der Waals surface area (Å²) in [4.78, 5) is 0. The van der Waals surface area contributed by atoms with Crippen molar-refractivity contribution in [3.63, 3.8) is 0 Å². The largest absolute Gasteiger partial charge is 0.336 e. The Kier molecular flexibility index (Phi) is 2.36. The Morgan fingerprint density at radius 2 is 2.54 bits per heavy atom. The molecule has 0 aromatic carbocycles. The Hall–Kier alpha value is -0.830. The molecule has 13 heavy (non-hydrogen) atoms. The van der Waals surface area contributed by atoms with E-state index in [1.54, 1.807) is 0 Å². The van der Waals surface area contributed by atoms with Gasteiger partial charge >= 0.3 is 0 Å². The van der Waals surface area contributed by atoms with Crippen molar-refractivity contribution >= 4 is 17.3 Å². The number of hydrogen-bond acceptors (Lipinski definition) is 1. The van der Waals surface area contributed by atoms with Crippen molar-refractivity contribution in [2.24, 2.45) is 5.92 Å². The summed E-state index contributed by atoms with van der Waals surface area (Å²) in [5.41, 5.74) is 2.61. The molecule has 0 saturated heterocycles. The van der Waals surface area contributed by atoms with E-state index in [0.717, 1.165) is 12.1 Å². The van der Waals surface area contributed by atoms with E-state index in [4.69, 9.17) is 12.2 Å². The van der Waals surface area contributed by atoms with Crippen molar-refractivity contribution in [2.75, 3.05) is 0 Å². The number of nitrogens with one attached hydrogen (secondary N) is 1. The molecule has 1 radical (unpaired) electrons. The van der Waals surface area contributed by atoms with Crippen LogP contribution in [0.5, 0.6) is 0 Å². The van der Waals surface area contributed by atoms with Crippen LogP contribution in [0.2, 0.25) is 0 Å². The summed E-state index contributed by atoms with van der Waals surface area (Å²) in [6.07, 6.45) is 7.83. The van der Waals surface area contributed by atoms with Crippen LogP contribution in [0.15, 0.2) is 23.5 Å². The SMILES string of the molecule is CC1=CC(CC2=CNC(=S)[N]2)CC1. The average molecular weight is 193 g/mol. The smallest absolute Gasteiger partial charge is 0.197 e. The van der Waals surface area contributed by atoms with Gasteiger partial charge in [0.25, 0.3) is 0 Å². The third-order valence-corrected chi connectivity index (χ3v) is 2.72. The molecular weight excluding hydrogens is 180 g/mol. The number of hydrogen-bond donors (Lipinski definition) is 1. The Balaban J connectivity index is 1.89. The van der Waals surface area contributed by atoms with Crippen LogP contribution < -0.4 is 10.6 Å². The summed E-state index contributed by atoms with van der Waals surface area (Å²) < 4.78 is 0. The molecule has 0 aromatic heterocycles. The summed E-state index contributed by atoms with van der Waals surface area (Å²) in [7, 11) is 0. The first kappa shape index (κ1) is 8.75. The topological polar surface area (TPSA) is 26.1 Å². The third kappa shape index (κ3) is 2.10. The molecule has 2 rings (SSSR count). The summed E-state index contributed by atoms with van der Waals surface area (Å²) in [5, 5.41) is 7.77. The molecule has 0 bridgehead atoms. The lowest BCUT2D eigenvalue weighted by molar-refractivity contribution is 0.614.